The number of benzene rings is 1. The van der Waals surface area contributed by atoms with Crippen molar-refractivity contribution < 1.29 is 4.92 Å². The van der Waals surface area contributed by atoms with Gasteiger partial charge in [-0.25, -0.2) is 4.98 Å². The van der Waals surface area contributed by atoms with Crippen LogP contribution in [0.5, 0.6) is 0 Å². The van der Waals surface area contributed by atoms with E-state index in [1.807, 2.05) is 0 Å². The summed E-state index contributed by atoms with van der Waals surface area (Å²) < 4.78 is 0. The summed E-state index contributed by atoms with van der Waals surface area (Å²) in [7, 11) is 0. The molecule has 0 aliphatic heterocycles. The smallest absolute Gasteiger partial charge is 0.260 e. The van der Waals surface area contributed by atoms with Gasteiger partial charge in [0.05, 0.1) is 20.5 Å². The maximum atomic E-state index is 10.9. The molecule has 0 fully saturated rings. The van der Waals surface area contributed by atoms with Crippen LogP contribution in [0, 0.1) is 10.1 Å². The maximum absolute atomic E-state index is 10.9. The number of nitro benzene ring substituents is 1. The molecule has 112 valence electrons. The van der Waals surface area contributed by atoms with Crippen LogP contribution in [0.25, 0.3) is 6.08 Å². The first kappa shape index (κ1) is 15.9. The van der Waals surface area contributed by atoms with E-state index in [0.717, 1.165) is 0 Å². The second-order valence-electron chi connectivity index (χ2n) is 4.05. The summed E-state index contributed by atoms with van der Waals surface area (Å²) in [6, 6.07) is 7.95. The predicted octanol–water partition coefficient (Wildman–Crippen LogP) is 4.41. The molecule has 0 amide bonds. The minimum Gasteiger partial charge on any atom is -0.260 e. The third-order valence-electron chi connectivity index (χ3n) is 2.55. The molecule has 2 aromatic rings. The van der Waals surface area contributed by atoms with Crippen molar-refractivity contribution in [3.05, 3.63) is 68.3 Å². The van der Waals surface area contributed by atoms with Gasteiger partial charge in [0, 0.05) is 18.5 Å². The van der Waals surface area contributed by atoms with Crippen molar-refractivity contribution in [1.82, 2.24) is 4.98 Å². The molecule has 0 aliphatic rings. The van der Waals surface area contributed by atoms with Gasteiger partial charge in [-0.3, -0.25) is 15.5 Å². The average Bonchev–Trinajstić information content (AvgIpc) is 2.49. The lowest BCUT2D eigenvalue weighted by molar-refractivity contribution is -0.385. The maximum Gasteiger partial charge on any atom is 0.276 e. The first-order valence-electron chi connectivity index (χ1n) is 6.08. The van der Waals surface area contributed by atoms with E-state index < -0.39 is 4.92 Å². The number of hydrogen-bond acceptors (Lipinski definition) is 5. The van der Waals surface area contributed by atoms with Crippen molar-refractivity contribution in [2.45, 2.75) is 0 Å². The van der Waals surface area contributed by atoms with E-state index in [9.17, 15) is 10.1 Å². The lowest BCUT2D eigenvalue weighted by atomic mass is 10.2. The summed E-state index contributed by atoms with van der Waals surface area (Å²) in [6.07, 6.45) is 6.02. The molecule has 6 nitrogen and oxygen atoms in total. The number of rotatable bonds is 5. The first-order chi connectivity index (χ1) is 10.6. The summed E-state index contributed by atoms with van der Waals surface area (Å²) >= 11 is 11.6. The van der Waals surface area contributed by atoms with Crippen LogP contribution in [0.3, 0.4) is 0 Å². The Morgan fingerprint density at radius 1 is 1.32 bits per heavy atom. The average molecular weight is 337 g/mol. The Kier molecular flexibility index (Phi) is 5.46. The number of nitrogens with zero attached hydrogens (tertiary/aromatic N) is 3. The Balaban J connectivity index is 2.02. The molecule has 0 saturated heterocycles. The fraction of sp³-hybridized carbons (Fsp3) is 0. The molecule has 1 aromatic carbocycles. The Bertz CT molecular complexity index is 747. The molecule has 1 N–H and O–H groups in total. The molecule has 8 heteroatoms. The third-order valence-corrected chi connectivity index (χ3v) is 3.04. The number of anilines is 1. The molecular weight excluding hydrogens is 327 g/mol. The molecule has 0 spiro atoms. The summed E-state index contributed by atoms with van der Waals surface area (Å²) in [5.74, 6) is 0.362. The van der Waals surface area contributed by atoms with Crippen LogP contribution < -0.4 is 5.43 Å². The highest BCUT2D eigenvalue weighted by Gasteiger charge is 2.08. The topological polar surface area (TPSA) is 80.4 Å². The zero-order valence-electron chi connectivity index (χ0n) is 11.1. The van der Waals surface area contributed by atoms with Crippen LogP contribution in [0.2, 0.25) is 10.0 Å². The molecular formula is C14H10Cl2N4O2. The van der Waals surface area contributed by atoms with Gasteiger partial charge in [0.1, 0.15) is 0 Å². The van der Waals surface area contributed by atoms with Gasteiger partial charge >= 0.3 is 0 Å². The Hall–Kier alpha value is -2.44. The second-order valence-corrected chi connectivity index (χ2v) is 4.89. The highest BCUT2D eigenvalue weighted by atomic mass is 35.5. The van der Waals surface area contributed by atoms with Gasteiger partial charge in [0.15, 0.2) is 5.82 Å². The fourth-order valence-corrected chi connectivity index (χ4v) is 2.00. The van der Waals surface area contributed by atoms with Gasteiger partial charge in [-0.15, -0.1) is 0 Å². The molecule has 2 rings (SSSR count). The normalized spacial score (nSPS) is 11.2. The van der Waals surface area contributed by atoms with Crippen LogP contribution in [0.1, 0.15) is 5.56 Å². The van der Waals surface area contributed by atoms with Crippen LogP contribution in [0.4, 0.5) is 11.5 Å². The number of hydrazone groups is 1. The number of nitro groups is 1. The van der Waals surface area contributed by atoms with Crippen molar-refractivity contribution in [3.8, 4) is 0 Å². The van der Waals surface area contributed by atoms with E-state index in [4.69, 9.17) is 23.2 Å². The van der Waals surface area contributed by atoms with Gasteiger partial charge in [0.2, 0.25) is 0 Å². The van der Waals surface area contributed by atoms with Gasteiger partial charge in [-0.2, -0.15) is 5.10 Å². The predicted molar refractivity (Wildman–Crippen MR) is 88.5 cm³/mol. The van der Waals surface area contributed by atoms with E-state index in [1.165, 1.54) is 24.5 Å². The highest BCUT2D eigenvalue weighted by Crippen LogP contribution is 2.22. The van der Waals surface area contributed by atoms with Gasteiger partial charge in [-0.05, 0) is 24.3 Å². The number of nitrogens with one attached hydrogen (secondary N) is 1. The van der Waals surface area contributed by atoms with Crippen molar-refractivity contribution in [2.24, 2.45) is 5.10 Å². The van der Waals surface area contributed by atoms with Crippen molar-refractivity contribution in [2.75, 3.05) is 5.43 Å². The van der Waals surface area contributed by atoms with E-state index in [1.54, 1.807) is 30.4 Å². The SMILES string of the molecule is O=[N+]([O-])c1ccccc1/C=C/C=N/Nc1ncc(Cl)cc1Cl. The van der Waals surface area contributed by atoms with Crippen LogP contribution >= 0.6 is 23.2 Å². The van der Waals surface area contributed by atoms with E-state index in [-0.39, 0.29) is 5.69 Å². The molecule has 0 radical (unpaired) electrons. The number of allylic oxidation sites excluding steroid dienone is 1. The standard InChI is InChI=1S/C14H10Cl2N4O2/c15-11-8-12(16)14(17-9-11)19-18-7-3-5-10-4-1-2-6-13(10)20(21)22/h1-9H,(H,17,19)/b5-3+,18-7+. The summed E-state index contributed by atoms with van der Waals surface area (Å²) in [5, 5.41) is 15.5. The number of aromatic nitrogens is 1. The number of hydrogen-bond donors (Lipinski definition) is 1. The third kappa shape index (κ3) is 4.28. The number of halogens is 2. The zero-order chi connectivity index (χ0) is 15.9. The summed E-state index contributed by atoms with van der Waals surface area (Å²) in [6.45, 7) is 0. The monoisotopic (exact) mass is 336 g/mol. The lowest BCUT2D eigenvalue weighted by Crippen LogP contribution is -1.93. The van der Waals surface area contributed by atoms with Gasteiger partial charge in [-0.1, -0.05) is 35.3 Å². The highest BCUT2D eigenvalue weighted by molar-refractivity contribution is 6.35. The molecule has 0 bridgehead atoms. The van der Waals surface area contributed by atoms with Gasteiger partial charge in [0.25, 0.3) is 5.69 Å². The minimum absolute atomic E-state index is 0.0301. The van der Waals surface area contributed by atoms with Crippen LogP contribution in [-0.2, 0) is 0 Å². The largest absolute Gasteiger partial charge is 0.276 e. The molecule has 0 aliphatic carbocycles. The van der Waals surface area contributed by atoms with E-state index >= 15 is 0 Å². The number of para-hydroxylation sites is 1. The lowest BCUT2D eigenvalue weighted by Gasteiger charge is -2.01. The first-order valence-corrected chi connectivity index (χ1v) is 6.83. The second kappa shape index (κ2) is 7.53. The van der Waals surface area contributed by atoms with Crippen LogP contribution in [0.15, 0.2) is 47.7 Å². The molecule has 0 atom stereocenters. The van der Waals surface area contributed by atoms with Crippen molar-refractivity contribution in [3.63, 3.8) is 0 Å². The Morgan fingerprint density at radius 3 is 2.82 bits per heavy atom. The van der Waals surface area contributed by atoms with Crippen molar-refractivity contribution in [1.29, 1.82) is 0 Å². The van der Waals surface area contributed by atoms with Gasteiger partial charge < -0.3 is 0 Å². The Labute approximate surface area is 136 Å². The molecule has 0 saturated carbocycles. The van der Waals surface area contributed by atoms with Crippen molar-refractivity contribution >= 4 is 47.0 Å². The molecule has 22 heavy (non-hydrogen) atoms. The van der Waals surface area contributed by atoms with Crippen LogP contribution in [-0.4, -0.2) is 16.1 Å². The zero-order valence-corrected chi connectivity index (χ0v) is 12.6. The van der Waals surface area contributed by atoms with E-state index in [2.05, 4.69) is 15.5 Å². The molecule has 0 unspecified atom stereocenters. The molecule has 1 aromatic heterocycles. The quantitative estimate of drug-likeness (QED) is 0.498. The number of pyridine rings is 1. The van der Waals surface area contributed by atoms with E-state index in [0.29, 0.717) is 21.4 Å². The Morgan fingerprint density at radius 2 is 2.09 bits per heavy atom. The minimum atomic E-state index is -0.438. The summed E-state index contributed by atoms with van der Waals surface area (Å²) in [5.41, 5.74) is 3.16. The summed E-state index contributed by atoms with van der Waals surface area (Å²) in [4.78, 5) is 14.4. The fourth-order valence-electron chi connectivity index (χ4n) is 1.58. The molecule has 1 heterocycles.